The molecular formula is C20H20N2O4. The molecule has 2 aromatic carbocycles. The summed E-state index contributed by atoms with van der Waals surface area (Å²) in [6.45, 7) is 3.38. The lowest BCUT2D eigenvalue weighted by atomic mass is 9.76. The largest absolute Gasteiger partial charge is 0.485 e. The maximum absolute atomic E-state index is 11.0. The average molecular weight is 352 g/mol. The Balaban J connectivity index is 2.15. The van der Waals surface area contributed by atoms with Crippen LogP contribution in [0.1, 0.15) is 36.5 Å². The van der Waals surface area contributed by atoms with Crippen LogP contribution in [-0.4, -0.2) is 34.4 Å². The number of aliphatic carboxylic acids is 1. The van der Waals surface area contributed by atoms with Crippen LogP contribution in [0, 0.1) is 11.3 Å². The van der Waals surface area contributed by atoms with Gasteiger partial charge in [0.1, 0.15) is 24.0 Å². The Kier molecular flexibility index (Phi) is 4.58. The van der Waals surface area contributed by atoms with Crippen molar-refractivity contribution in [1.29, 1.82) is 5.26 Å². The van der Waals surface area contributed by atoms with Gasteiger partial charge in [-0.3, -0.25) is 4.79 Å². The molecule has 0 fully saturated rings. The predicted octanol–water partition coefficient (Wildman–Crippen LogP) is 2.72. The summed E-state index contributed by atoms with van der Waals surface area (Å²) in [5.41, 5.74) is 1.73. The van der Waals surface area contributed by atoms with Crippen LogP contribution in [0.4, 0.5) is 5.69 Å². The van der Waals surface area contributed by atoms with Crippen LogP contribution in [0.25, 0.3) is 0 Å². The van der Waals surface area contributed by atoms with Crippen molar-refractivity contribution in [3.05, 3.63) is 59.2 Å². The van der Waals surface area contributed by atoms with Gasteiger partial charge in [-0.15, -0.1) is 0 Å². The van der Waals surface area contributed by atoms with E-state index in [0.29, 0.717) is 22.6 Å². The van der Waals surface area contributed by atoms with E-state index in [1.165, 1.54) is 0 Å². The summed E-state index contributed by atoms with van der Waals surface area (Å²) in [4.78, 5) is 10.9. The van der Waals surface area contributed by atoms with Crippen molar-refractivity contribution in [2.75, 3.05) is 11.9 Å². The molecule has 2 atom stereocenters. The van der Waals surface area contributed by atoms with Gasteiger partial charge in [0.05, 0.1) is 11.6 Å². The van der Waals surface area contributed by atoms with Gasteiger partial charge in [0, 0.05) is 17.2 Å². The molecule has 2 aromatic rings. The molecule has 3 N–H and O–H groups in total. The number of para-hydroxylation sites is 1. The van der Waals surface area contributed by atoms with E-state index >= 15 is 0 Å². The molecule has 0 amide bonds. The number of aliphatic hydroxyl groups excluding tert-OH is 1. The minimum atomic E-state index is -0.972. The Morgan fingerprint density at radius 3 is 2.69 bits per heavy atom. The fourth-order valence-corrected chi connectivity index (χ4v) is 3.31. The molecule has 0 radical (unpaired) electrons. The minimum Gasteiger partial charge on any atom is -0.485 e. The third-order valence-corrected chi connectivity index (χ3v) is 4.60. The molecule has 0 spiro atoms. The summed E-state index contributed by atoms with van der Waals surface area (Å²) >= 11 is 0. The highest BCUT2D eigenvalue weighted by Crippen LogP contribution is 2.46. The number of hydrogen-bond acceptors (Lipinski definition) is 5. The van der Waals surface area contributed by atoms with Crippen LogP contribution in [0.5, 0.6) is 5.75 Å². The van der Waals surface area contributed by atoms with Gasteiger partial charge in [-0.1, -0.05) is 18.2 Å². The minimum absolute atomic E-state index is 0.231. The SMILES string of the molecule is CC1(C)Oc2ccc(C#N)cc2C(c2ccccc2NCC(=O)O)C1O. The number of nitrogens with zero attached hydrogens (tertiary/aromatic N) is 1. The van der Waals surface area contributed by atoms with E-state index in [1.807, 2.05) is 12.1 Å². The number of aliphatic hydroxyl groups is 1. The second kappa shape index (κ2) is 6.70. The van der Waals surface area contributed by atoms with E-state index < -0.39 is 23.6 Å². The van der Waals surface area contributed by atoms with Gasteiger partial charge < -0.3 is 20.3 Å². The standard InChI is InChI=1S/C20H20N2O4/c1-20(2)19(25)18(14-9-12(10-21)7-8-16(14)26-20)13-5-3-4-6-15(13)22-11-17(23)24/h3-9,18-19,22,25H,11H2,1-2H3,(H,23,24). The molecule has 1 aliphatic heterocycles. The maximum Gasteiger partial charge on any atom is 0.322 e. The van der Waals surface area contributed by atoms with Gasteiger partial charge in [0.25, 0.3) is 0 Å². The molecule has 1 aliphatic rings. The van der Waals surface area contributed by atoms with Crippen LogP contribution >= 0.6 is 0 Å². The lowest BCUT2D eigenvalue weighted by Gasteiger charge is -2.43. The number of rotatable bonds is 4. The molecule has 0 aromatic heterocycles. The number of anilines is 1. The first-order chi connectivity index (χ1) is 12.3. The molecule has 3 rings (SSSR count). The second-order valence-electron chi connectivity index (χ2n) is 6.83. The van der Waals surface area contributed by atoms with Crippen molar-refractivity contribution in [1.82, 2.24) is 0 Å². The predicted molar refractivity (Wildman–Crippen MR) is 96.3 cm³/mol. The fourth-order valence-electron chi connectivity index (χ4n) is 3.31. The van der Waals surface area contributed by atoms with E-state index in [1.54, 1.807) is 44.2 Å². The van der Waals surface area contributed by atoms with E-state index in [0.717, 1.165) is 5.56 Å². The lowest BCUT2D eigenvalue weighted by Crippen LogP contribution is -2.49. The molecular weight excluding hydrogens is 332 g/mol. The number of fused-ring (bicyclic) bond motifs is 1. The van der Waals surface area contributed by atoms with Crippen molar-refractivity contribution < 1.29 is 19.7 Å². The highest BCUT2D eigenvalue weighted by Gasteiger charge is 2.44. The number of carbonyl (C=O) groups is 1. The lowest BCUT2D eigenvalue weighted by molar-refractivity contribution is -0.134. The van der Waals surface area contributed by atoms with Gasteiger partial charge in [0.2, 0.25) is 0 Å². The molecule has 0 saturated heterocycles. The van der Waals surface area contributed by atoms with E-state index in [2.05, 4.69) is 11.4 Å². The molecule has 0 aliphatic carbocycles. The zero-order valence-corrected chi connectivity index (χ0v) is 14.6. The fraction of sp³-hybridized carbons (Fsp3) is 0.300. The molecule has 2 unspecified atom stereocenters. The van der Waals surface area contributed by atoms with Crippen molar-refractivity contribution >= 4 is 11.7 Å². The Morgan fingerprint density at radius 2 is 2.00 bits per heavy atom. The molecule has 26 heavy (non-hydrogen) atoms. The number of carboxylic acids is 1. The van der Waals surface area contributed by atoms with Crippen molar-refractivity contribution in [2.24, 2.45) is 0 Å². The molecule has 6 nitrogen and oxygen atoms in total. The van der Waals surface area contributed by atoms with Gasteiger partial charge in [0.15, 0.2) is 0 Å². The van der Waals surface area contributed by atoms with E-state index in [4.69, 9.17) is 9.84 Å². The third kappa shape index (κ3) is 3.22. The Morgan fingerprint density at radius 1 is 1.27 bits per heavy atom. The summed E-state index contributed by atoms with van der Waals surface area (Å²) in [7, 11) is 0. The van der Waals surface area contributed by atoms with Crippen molar-refractivity contribution in [3.8, 4) is 11.8 Å². The van der Waals surface area contributed by atoms with Crippen LogP contribution in [0.15, 0.2) is 42.5 Å². The number of ether oxygens (including phenoxy) is 1. The first-order valence-corrected chi connectivity index (χ1v) is 8.29. The number of nitrogens with one attached hydrogen (secondary N) is 1. The van der Waals surface area contributed by atoms with Crippen LogP contribution in [-0.2, 0) is 4.79 Å². The number of benzene rings is 2. The topological polar surface area (TPSA) is 103 Å². The molecule has 0 bridgehead atoms. The van der Waals surface area contributed by atoms with Gasteiger partial charge in [-0.05, 0) is 43.7 Å². The molecule has 0 saturated carbocycles. The summed E-state index contributed by atoms with van der Waals surface area (Å²) in [6, 6.07) is 14.5. The van der Waals surface area contributed by atoms with Gasteiger partial charge in [-0.25, -0.2) is 0 Å². The molecule has 6 heteroatoms. The van der Waals surface area contributed by atoms with Crippen molar-refractivity contribution in [3.63, 3.8) is 0 Å². The number of nitriles is 1. The first kappa shape index (κ1) is 17.8. The molecule has 134 valence electrons. The van der Waals surface area contributed by atoms with Crippen molar-refractivity contribution in [2.45, 2.75) is 31.5 Å². The summed E-state index contributed by atoms with van der Waals surface area (Å²) < 4.78 is 5.95. The quantitative estimate of drug-likeness (QED) is 0.782. The van der Waals surface area contributed by atoms with E-state index in [-0.39, 0.29) is 6.54 Å². The Labute approximate surface area is 151 Å². The van der Waals surface area contributed by atoms with Crippen LogP contribution in [0.2, 0.25) is 0 Å². The maximum atomic E-state index is 11.0. The summed E-state index contributed by atoms with van der Waals surface area (Å²) in [6.07, 6.45) is -0.878. The second-order valence-corrected chi connectivity index (χ2v) is 6.83. The zero-order chi connectivity index (χ0) is 18.9. The highest BCUT2D eigenvalue weighted by molar-refractivity contribution is 5.73. The number of hydrogen-bond donors (Lipinski definition) is 3. The first-order valence-electron chi connectivity index (χ1n) is 8.29. The highest BCUT2D eigenvalue weighted by atomic mass is 16.5. The van der Waals surface area contributed by atoms with Gasteiger partial charge in [-0.2, -0.15) is 5.26 Å². The average Bonchev–Trinajstić information content (AvgIpc) is 2.61. The molecule has 1 heterocycles. The smallest absolute Gasteiger partial charge is 0.322 e. The zero-order valence-electron chi connectivity index (χ0n) is 14.6. The van der Waals surface area contributed by atoms with Crippen LogP contribution in [0.3, 0.4) is 0 Å². The Hall–Kier alpha value is -3.04. The van der Waals surface area contributed by atoms with Gasteiger partial charge >= 0.3 is 5.97 Å². The monoisotopic (exact) mass is 352 g/mol. The summed E-state index contributed by atoms with van der Waals surface area (Å²) in [5.74, 6) is -0.822. The normalized spacial score (nSPS) is 20.4. The van der Waals surface area contributed by atoms with E-state index in [9.17, 15) is 15.2 Å². The number of carboxylic acid groups (broad SMARTS) is 1. The third-order valence-electron chi connectivity index (χ3n) is 4.60. The van der Waals surface area contributed by atoms with Crippen LogP contribution < -0.4 is 10.1 Å². The summed E-state index contributed by atoms with van der Waals surface area (Å²) in [5, 5.41) is 32.1. The Bertz CT molecular complexity index is 886.